The number of hydrogen-bond donors (Lipinski definition) is 0. The summed E-state index contributed by atoms with van der Waals surface area (Å²) in [7, 11) is 0. The maximum absolute atomic E-state index is 14.0. The minimum Gasteiger partial charge on any atom is -0.294 e. The molecule has 23 heavy (non-hydrogen) atoms. The summed E-state index contributed by atoms with van der Waals surface area (Å²) < 4.78 is 52.0. The number of ketones is 1. The lowest BCUT2D eigenvalue weighted by molar-refractivity contribution is -0.185. The van der Waals surface area contributed by atoms with Gasteiger partial charge in [0, 0.05) is 18.4 Å². The van der Waals surface area contributed by atoms with Gasteiger partial charge in [-0.2, -0.15) is 13.2 Å². The van der Waals surface area contributed by atoms with Gasteiger partial charge >= 0.3 is 6.18 Å². The number of anilines is 1. The summed E-state index contributed by atoms with van der Waals surface area (Å²) in [5.41, 5.74) is -0.711. The van der Waals surface area contributed by atoms with Crippen molar-refractivity contribution in [1.29, 1.82) is 0 Å². The van der Waals surface area contributed by atoms with Crippen LogP contribution in [0.4, 0.5) is 23.2 Å². The molecule has 4 nitrogen and oxygen atoms in total. The molecule has 1 aliphatic rings. The van der Waals surface area contributed by atoms with Gasteiger partial charge in [0.2, 0.25) is 11.8 Å². The third-order valence-corrected chi connectivity index (χ3v) is 3.77. The van der Waals surface area contributed by atoms with Gasteiger partial charge < -0.3 is 0 Å². The molecule has 0 aromatic heterocycles. The maximum atomic E-state index is 14.0. The Kier molecular flexibility index (Phi) is 4.48. The normalized spacial score (nSPS) is 16.9. The lowest BCUT2D eigenvalue weighted by atomic mass is 9.94. The van der Waals surface area contributed by atoms with Gasteiger partial charge in [0.1, 0.15) is 5.82 Å². The lowest BCUT2D eigenvalue weighted by Crippen LogP contribution is -2.47. The highest BCUT2D eigenvalue weighted by molar-refractivity contribution is 6.34. The number of amides is 2. The summed E-state index contributed by atoms with van der Waals surface area (Å²) in [5, 5.41) is -0.219. The van der Waals surface area contributed by atoms with Gasteiger partial charge in [-0.3, -0.25) is 14.4 Å². The Hall–Kier alpha value is -1.96. The molecule has 0 saturated carbocycles. The molecule has 2 amide bonds. The van der Waals surface area contributed by atoms with Gasteiger partial charge in [0.25, 0.3) is 0 Å². The second-order valence-corrected chi connectivity index (χ2v) is 5.52. The standard InChI is InChI=1S/C14H10ClF4NO3/c1-6(21)8-4-11(10(16)5-9(8)15)20-12(22)2-7(3-13(20)23)14(17,18)19/h4-5,7H,2-3H2,1H3. The fourth-order valence-electron chi connectivity index (χ4n) is 2.29. The molecule has 0 N–H and O–H groups in total. The predicted octanol–water partition coefficient (Wildman–Crippen LogP) is 3.51. The first-order valence-corrected chi connectivity index (χ1v) is 6.82. The summed E-state index contributed by atoms with van der Waals surface area (Å²) >= 11 is 5.69. The first kappa shape index (κ1) is 17.4. The molecule has 1 aromatic rings. The van der Waals surface area contributed by atoms with Gasteiger partial charge in [0.05, 0.1) is 16.6 Å². The number of benzene rings is 1. The first-order valence-electron chi connectivity index (χ1n) is 6.45. The number of Topliss-reactive ketones (excluding diaryl/α,β-unsaturated/α-hetero) is 1. The predicted molar refractivity (Wildman–Crippen MR) is 72.7 cm³/mol. The zero-order valence-electron chi connectivity index (χ0n) is 11.7. The average Bonchev–Trinajstić information content (AvgIpc) is 2.38. The molecule has 124 valence electrons. The highest BCUT2D eigenvalue weighted by Gasteiger charge is 2.48. The highest BCUT2D eigenvalue weighted by Crippen LogP contribution is 2.38. The molecule has 9 heteroatoms. The SMILES string of the molecule is CC(=O)c1cc(N2C(=O)CC(C(F)(F)F)CC2=O)c(F)cc1Cl. The van der Waals surface area contributed by atoms with Crippen molar-refractivity contribution in [3.05, 3.63) is 28.5 Å². The third kappa shape index (κ3) is 3.36. The zero-order chi connectivity index (χ0) is 17.5. The summed E-state index contributed by atoms with van der Waals surface area (Å²) in [5.74, 6) is -6.08. The van der Waals surface area contributed by atoms with Crippen molar-refractivity contribution in [2.75, 3.05) is 4.90 Å². The van der Waals surface area contributed by atoms with Crippen molar-refractivity contribution in [2.45, 2.75) is 25.9 Å². The zero-order valence-corrected chi connectivity index (χ0v) is 12.5. The molecule has 1 saturated heterocycles. The molecule has 0 bridgehead atoms. The number of hydrogen-bond acceptors (Lipinski definition) is 3. The molecule has 1 aromatic carbocycles. The first-order chi connectivity index (χ1) is 10.5. The topological polar surface area (TPSA) is 54.5 Å². The van der Waals surface area contributed by atoms with E-state index in [1.807, 2.05) is 0 Å². The Morgan fingerprint density at radius 1 is 1.22 bits per heavy atom. The molecule has 0 aliphatic carbocycles. The summed E-state index contributed by atoms with van der Waals surface area (Å²) in [4.78, 5) is 35.6. The molecule has 1 heterocycles. The van der Waals surface area contributed by atoms with Crippen LogP contribution in [-0.2, 0) is 9.59 Å². The van der Waals surface area contributed by atoms with Crippen LogP contribution >= 0.6 is 11.6 Å². The van der Waals surface area contributed by atoms with E-state index in [0.717, 1.165) is 19.1 Å². The number of piperidine rings is 1. The van der Waals surface area contributed by atoms with Crippen molar-refractivity contribution in [2.24, 2.45) is 5.92 Å². The average molecular weight is 352 g/mol. The number of carbonyl (C=O) groups excluding carboxylic acids is 3. The van der Waals surface area contributed by atoms with E-state index in [1.165, 1.54) is 0 Å². The van der Waals surface area contributed by atoms with E-state index in [2.05, 4.69) is 0 Å². The Balaban J connectivity index is 2.43. The Morgan fingerprint density at radius 2 is 1.74 bits per heavy atom. The molecule has 0 radical (unpaired) electrons. The van der Waals surface area contributed by atoms with E-state index in [9.17, 15) is 31.9 Å². The van der Waals surface area contributed by atoms with Crippen molar-refractivity contribution >= 4 is 34.9 Å². The lowest BCUT2D eigenvalue weighted by Gasteiger charge is -2.31. The summed E-state index contributed by atoms with van der Waals surface area (Å²) in [6, 6.07) is 1.63. The maximum Gasteiger partial charge on any atom is 0.392 e. The second kappa shape index (κ2) is 5.92. The monoisotopic (exact) mass is 351 g/mol. The highest BCUT2D eigenvalue weighted by atomic mass is 35.5. The third-order valence-electron chi connectivity index (χ3n) is 3.46. The number of alkyl halides is 3. The minimum absolute atomic E-state index is 0.137. The van der Waals surface area contributed by atoms with Crippen LogP contribution in [0.2, 0.25) is 5.02 Å². The largest absolute Gasteiger partial charge is 0.392 e. The van der Waals surface area contributed by atoms with Crippen LogP contribution in [-0.4, -0.2) is 23.8 Å². The van der Waals surface area contributed by atoms with E-state index >= 15 is 0 Å². The molecule has 2 rings (SSSR count). The van der Waals surface area contributed by atoms with Crippen molar-refractivity contribution in [3.63, 3.8) is 0 Å². The number of carbonyl (C=O) groups is 3. The summed E-state index contributed by atoms with van der Waals surface area (Å²) in [6.07, 6.45) is -6.63. The number of nitrogens with zero attached hydrogens (tertiary/aromatic N) is 1. The van der Waals surface area contributed by atoms with Crippen molar-refractivity contribution in [3.8, 4) is 0 Å². The molecule has 1 aliphatic heterocycles. The van der Waals surface area contributed by atoms with Gasteiger partial charge in [-0.1, -0.05) is 11.6 Å². The Labute approximate surface area is 133 Å². The van der Waals surface area contributed by atoms with Crippen LogP contribution < -0.4 is 4.90 Å². The molecule has 0 atom stereocenters. The molecule has 1 fully saturated rings. The van der Waals surface area contributed by atoms with E-state index in [1.54, 1.807) is 0 Å². The quantitative estimate of drug-likeness (QED) is 0.465. The van der Waals surface area contributed by atoms with Crippen LogP contribution in [0.25, 0.3) is 0 Å². The van der Waals surface area contributed by atoms with E-state index in [0.29, 0.717) is 4.90 Å². The Bertz CT molecular complexity index is 684. The van der Waals surface area contributed by atoms with Crippen LogP contribution in [0.5, 0.6) is 0 Å². The van der Waals surface area contributed by atoms with E-state index in [4.69, 9.17) is 11.6 Å². The molecule has 0 unspecified atom stereocenters. The van der Waals surface area contributed by atoms with Crippen molar-refractivity contribution < 1.29 is 31.9 Å². The minimum atomic E-state index is -4.69. The fourth-order valence-corrected chi connectivity index (χ4v) is 2.58. The van der Waals surface area contributed by atoms with Crippen molar-refractivity contribution in [1.82, 2.24) is 0 Å². The van der Waals surface area contributed by atoms with Crippen LogP contribution in [0.1, 0.15) is 30.1 Å². The van der Waals surface area contributed by atoms with Crippen LogP contribution in [0, 0.1) is 11.7 Å². The number of imide groups is 1. The van der Waals surface area contributed by atoms with E-state index in [-0.39, 0.29) is 10.6 Å². The van der Waals surface area contributed by atoms with Gasteiger partial charge in [0.15, 0.2) is 5.78 Å². The van der Waals surface area contributed by atoms with E-state index < -0.39 is 54.0 Å². The second-order valence-electron chi connectivity index (χ2n) is 5.11. The Morgan fingerprint density at radius 3 is 2.17 bits per heavy atom. The smallest absolute Gasteiger partial charge is 0.294 e. The molecular formula is C14H10ClF4NO3. The fraction of sp³-hybridized carbons (Fsp3) is 0.357. The van der Waals surface area contributed by atoms with Gasteiger partial charge in [-0.05, 0) is 19.1 Å². The van der Waals surface area contributed by atoms with Crippen LogP contribution in [0.15, 0.2) is 12.1 Å². The number of halogens is 5. The number of rotatable bonds is 2. The van der Waals surface area contributed by atoms with Gasteiger partial charge in [-0.15, -0.1) is 0 Å². The molecular weight excluding hydrogens is 342 g/mol. The van der Waals surface area contributed by atoms with Gasteiger partial charge in [-0.25, -0.2) is 9.29 Å². The summed E-state index contributed by atoms with van der Waals surface area (Å²) in [6.45, 7) is 1.14. The molecule has 0 spiro atoms. The van der Waals surface area contributed by atoms with Crippen LogP contribution in [0.3, 0.4) is 0 Å².